The molecule has 0 saturated heterocycles. The van der Waals surface area contributed by atoms with Gasteiger partial charge in [0.15, 0.2) is 0 Å². The van der Waals surface area contributed by atoms with Gasteiger partial charge in [0, 0.05) is 11.7 Å². The topological polar surface area (TPSA) is 42.7 Å². The smallest absolute Gasteiger partial charge is 0.146 e. The van der Waals surface area contributed by atoms with Gasteiger partial charge in [-0.3, -0.25) is 0 Å². The van der Waals surface area contributed by atoms with Gasteiger partial charge >= 0.3 is 0 Å². The lowest BCUT2D eigenvalue weighted by molar-refractivity contribution is 0.509. The molecule has 2 aromatic rings. The summed E-state index contributed by atoms with van der Waals surface area (Å²) in [5, 5.41) is 7.38. The van der Waals surface area contributed by atoms with Crippen molar-refractivity contribution < 1.29 is 4.39 Å². The molecule has 0 amide bonds. The molecule has 1 heterocycles. The molecule has 0 aliphatic rings. The van der Waals surface area contributed by atoms with Gasteiger partial charge in [-0.2, -0.15) is 5.10 Å². The van der Waals surface area contributed by atoms with Crippen LogP contribution in [0.5, 0.6) is 0 Å². The molecule has 0 atom stereocenters. The molecule has 0 aliphatic carbocycles. The maximum atomic E-state index is 13.0. The molecule has 96 valence electrons. The zero-order chi connectivity index (χ0) is 13.1. The Kier molecular flexibility index (Phi) is 3.81. The van der Waals surface area contributed by atoms with Crippen LogP contribution in [-0.4, -0.2) is 14.8 Å². The molecule has 1 aromatic heterocycles. The van der Waals surface area contributed by atoms with Crippen LogP contribution in [0.2, 0.25) is 5.02 Å². The SMILES string of the molecule is CC(C)n1ncnc1CNc1ccc(F)c(Cl)c1. The van der Waals surface area contributed by atoms with Crippen LogP contribution in [0.3, 0.4) is 0 Å². The fraction of sp³-hybridized carbons (Fsp3) is 0.333. The molecular weight excluding hydrogens is 255 g/mol. The maximum Gasteiger partial charge on any atom is 0.146 e. The minimum Gasteiger partial charge on any atom is -0.378 e. The number of nitrogens with zero attached hydrogens (tertiary/aromatic N) is 3. The number of benzene rings is 1. The van der Waals surface area contributed by atoms with E-state index in [4.69, 9.17) is 11.6 Å². The highest BCUT2D eigenvalue weighted by atomic mass is 35.5. The number of nitrogens with one attached hydrogen (secondary N) is 1. The lowest BCUT2D eigenvalue weighted by Crippen LogP contribution is -2.12. The van der Waals surface area contributed by atoms with Crippen LogP contribution < -0.4 is 5.32 Å². The molecule has 0 bridgehead atoms. The third-order valence-corrected chi connectivity index (χ3v) is 2.80. The van der Waals surface area contributed by atoms with Crippen LogP contribution in [0, 0.1) is 5.82 Å². The molecule has 0 radical (unpaired) electrons. The van der Waals surface area contributed by atoms with Crippen LogP contribution >= 0.6 is 11.6 Å². The second-order valence-electron chi connectivity index (χ2n) is 4.20. The number of rotatable bonds is 4. The Balaban J connectivity index is 2.07. The van der Waals surface area contributed by atoms with Gasteiger partial charge in [-0.15, -0.1) is 0 Å². The van der Waals surface area contributed by atoms with E-state index in [1.165, 1.54) is 12.4 Å². The van der Waals surface area contributed by atoms with Crippen molar-refractivity contribution in [3.8, 4) is 0 Å². The summed E-state index contributed by atoms with van der Waals surface area (Å²) in [7, 11) is 0. The van der Waals surface area contributed by atoms with Crippen molar-refractivity contribution in [3.63, 3.8) is 0 Å². The fourth-order valence-electron chi connectivity index (χ4n) is 1.62. The van der Waals surface area contributed by atoms with Crippen molar-refractivity contribution in [2.45, 2.75) is 26.4 Å². The average Bonchev–Trinajstić information content (AvgIpc) is 2.79. The lowest BCUT2D eigenvalue weighted by Gasteiger charge is -2.11. The number of halogens is 2. The quantitative estimate of drug-likeness (QED) is 0.925. The minimum absolute atomic E-state index is 0.102. The summed E-state index contributed by atoms with van der Waals surface area (Å²) in [4.78, 5) is 4.17. The first-order valence-electron chi connectivity index (χ1n) is 5.65. The monoisotopic (exact) mass is 268 g/mol. The summed E-state index contributed by atoms with van der Waals surface area (Å²) in [5.41, 5.74) is 0.750. The standard InChI is InChI=1S/C12H14ClFN4/c1-8(2)18-12(16-7-17-18)6-15-9-3-4-11(14)10(13)5-9/h3-5,7-8,15H,6H2,1-2H3. The first-order valence-corrected chi connectivity index (χ1v) is 6.03. The average molecular weight is 269 g/mol. The van der Waals surface area contributed by atoms with E-state index in [1.54, 1.807) is 12.1 Å². The molecule has 1 N–H and O–H groups in total. The maximum absolute atomic E-state index is 13.0. The summed E-state index contributed by atoms with van der Waals surface area (Å²) < 4.78 is 14.8. The minimum atomic E-state index is -0.424. The first-order chi connectivity index (χ1) is 8.58. The molecule has 1 aromatic carbocycles. The van der Waals surface area contributed by atoms with Crippen LogP contribution in [0.1, 0.15) is 25.7 Å². The van der Waals surface area contributed by atoms with Gasteiger partial charge in [0.1, 0.15) is 18.0 Å². The predicted molar refractivity (Wildman–Crippen MR) is 69.1 cm³/mol. The fourth-order valence-corrected chi connectivity index (χ4v) is 1.80. The van der Waals surface area contributed by atoms with Gasteiger partial charge in [0.25, 0.3) is 0 Å². The van der Waals surface area contributed by atoms with E-state index in [0.717, 1.165) is 11.5 Å². The van der Waals surface area contributed by atoms with Crippen molar-refractivity contribution in [2.75, 3.05) is 5.32 Å². The molecule has 0 spiro atoms. The van der Waals surface area contributed by atoms with Crippen LogP contribution in [0.15, 0.2) is 24.5 Å². The Morgan fingerprint density at radius 1 is 1.44 bits per heavy atom. The largest absolute Gasteiger partial charge is 0.378 e. The molecule has 0 saturated carbocycles. The second-order valence-corrected chi connectivity index (χ2v) is 4.60. The van der Waals surface area contributed by atoms with E-state index in [9.17, 15) is 4.39 Å². The van der Waals surface area contributed by atoms with E-state index < -0.39 is 5.82 Å². The van der Waals surface area contributed by atoms with Crippen LogP contribution in [-0.2, 0) is 6.54 Å². The van der Waals surface area contributed by atoms with Crippen LogP contribution in [0.25, 0.3) is 0 Å². The summed E-state index contributed by atoms with van der Waals surface area (Å²) in [5.74, 6) is 0.401. The van der Waals surface area contributed by atoms with Gasteiger partial charge in [-0.1, -0.05) is 11.6 Å². The van der Waals surface area contributed by atoms with Crippen molar-refractivity contribution in [2.24, 2.45) is 0 Å². The Morgan fingerprint density at radius 2 is 2.22 bits per heavy atom. The van der Waals surface area contributed by atoms with E-state index in [1.807, 2.05) is 18.5 Å². The van der Waals surface area contributed by atoms with E-state index in [2.05, 4.69) is 15.4 Å². The normalized spacial score (nSPS) is 10.9. The van der Waals surface area contributed by atoms with Gasteiger partial charge in [0.2, 0.25) is 0 Å². The van der Waals surface area contributed by atoms with E-state index >= 15 is 0 Å². The predicted octanol–water partition coefficient (Wildman–Crippen LogP) is 3.26. The first kappa shape index (κ1) is 12.8. The van der Waals surface area contributed by atoms with Gasteiger partial charge in [0.05, 0.1) is 11.6 Å². The molecule has 4 nitrogen and oxygen atoms in total. The van der Waals surface area contributed by atoms with Crippen molar-refractivity contribution in [3.05, 3.63) is 41.2 Å². The number of aromatic nitrogens is 3. The summed E-state index contributed by atoms with van der Waals surface area (Å²) in [6, 6.07) is 4.77. The molecule has 0 fully saturated rings. The number of anilines is 1. The van der Waals surface area contributed by atoms with Crippen molar-refractivity contribution >= 4 is 17.3 Å². The Hall–Kier alpha value is -1.62. The molecule has 6 heteroatoms. The summed E-state index contributed by atoms with van der Waals surface area (Å²) in [6.45, 7) is 4.58. The molecule has 18 heavy (non-hydrogen) atoms. The van der Waals surface area contributed by atoms with Crippen molar-refractivity contribution in [1.29, 1.82) is 0 Å². The summed E-state index contributed by atoms with van der Waals surface area (Å²) in [6.07, 6.45) is 1.52. The van der Waals surface area contributed by atoms with Crippen molar-refractivity contribution in [1.82, 2.24) is 14.8 Å². The Bertz CT molecular complexity index is 539. The highest BCUT2D eigenvalue weighted by Crippen LogP contribution is 2.19. The van der Waals surface area contributed by atoms with Gasteiger partial charge in [-0.05, 0) is 32.0 Å². The van der Waals surface area contributed by atoms with Gasteiger partial charge in [-0.25, -0.2) is 14.1 Å². The van der Waals surface area contributed by atoms with E-state index in [0.29, 0.717) is 6.54 Å². The highest BCUT2D eigenvalue weighted by Gasteiger charge is 2.07. The van der Waals surface area contributed by atoms with E-state index in [-0.39, 0.29) is 11.1 Å². The molecule has 0 aliphatic heterocycles. The second kappa shape index (κ2) is 5.35. The lowest BCUT2D eigenvalue weighted by atomic mass is 10.3. The van der Waals surface area contributed by atoms with Gasteiger partial charge < -0.3 is 5.32 Å². The molecule has 2 rings (SSSR count). The molecule has 0 unspecified atom stereocenters. The number of hydrogen-bond acceptors (Lipinski definition) is 3. The Morgan fingerprint density at radius 3 is 2.89 bits per heavy atom. The van der Waals surface area contributed by atoms with Crippen LogP contribution in [0.4, 0.5) is 10.1 Å². The summed E-state index contributed by atoms with van der Waals surface area (Å²) >= 11 is 5.71. The molecular formula is C12H14ClFN4. The third kappa shape index (κ3) is 2.79. The third-order valence-electron chi connectivity index (χ3n) is 2.51. The highest BCUT2D eigenvalue weighted by molar-refractivity contribution is 6.31. The Labute approximate surface area is 110 Å². The number of hydrogen-bond donors (Lipinski definition) is 1. The zero-order valence-corrected chi connectivity index (χ0v) is 10.9. The zero-order valence-electron chi connectivity index (χ0n) is 10.2.